The van der Waals surface area contributed by atoms with Gasteiger partial charge < -0.3 is 21.1 Å². The van der Waals surface area contributed by atoms with Gasteiger partial charge in [-0.15, -0.1) is 0 Å². The van der Waals surface area contributed by atoms with E-state index >= 15 is 0 Å². The maximum absolute atomic E-state index is 13.1. The van der Waals surface area contributed by atoms with Crippen molar-refractivity contribution in [3.8, 4) is 28.4 Å². The first-order valence-corrected chi connectivity index (χ1v) is 11.2. The zero-order valence-electron chi connectivity index (χ0n) is 17.8. The van der Waals surface area contributed by atoms with Crippen molar-refractivity contribution in [2.24, 2.45) is 0 Å². The van der Waals surface area contributed by atoms with E-state index in [1.165, 1.54) is 6.20 Å². The zero-order chi connectivity index (χ0) is 24.2. The molecule has 0 aliphatic carbocycles. The number of rotatable bonds is 8. The van der Waals surface area contributed by atoms with Gasteiger partial charge in [-0.25, -0.2) is 4.98 Å². The molecule has 1 aliphatic heterocycles. The second-order valence-electron chi connectivity index (χ2n) is 7.70. The lowest BCUT2D eigenvalue weighted by molar-refractivity contribution is -0.119. The summed E-state index contributed by atoms with van der Waals surface area (Å²) in [5.74, 6) is -0.209. The molecular weight excluding hydrogens is 487 g/mol. The van der Waals surface area contributed by atoms with Gasteiger partial charge in [0.05, 0.1) is 27.1 Å². The van der Waals surface area contributed by atoms with Crippen LogP contribution in [0.2, 0.25) is 10.0 Å². The molecule has 0 unspecified atom stereocenters. The largest absolute Gasteiger partial charge is 0.417 e. The molecule has 3 aromatic rings. The Labute approximate surface area is 204 Å². The second-order valence-corrected chi connectivity index (χ2v) is 8.46. The average molecular weight is 508 g/mol. The Hall–Kier alpha value is -3.01. The number of nitrogens with two attached hydrogens (primary N) is 1. The number of carbonyl (C=O) groups excluding carboxylic acids is 1. The highest BCUT2D eigenvalue weighted by molar-refractivity contribution is 6.38. The number of nitrogen functional groups attached to an aromatic ring is 1. The first kappa shape index (κ1) is 24.1. The van der Waals surface area contributed by atoms with Gasteiger partial charge in [0, 0.05) is 48.4 Å². The fraction of sp³-hybridized carbons (Fsp3) is 0.261. The van der Waals surface area contributed by atoms with Gasteiger partial charge in [0.25, 0.3) is 0 Å². The van der Waals surface area contributed by atoms with E-state index in [9.17, 15) is 13.6 Å². The highest BCUT2D eigenvalue weighted by atomic mass is 35.5. The zero-order valence-corrected chi connectivity index (χ0v) is 19.3. The van der Waals surface area contributed by atoms with Crippen molar-refractivity contribution in [3.05, 3.63) is 58.2 Å². The highest BCUT2D eigenvalue weighted by Crippen LogP contribution is 2.39. The fourth-order valence-corrected chi connectivity index (χ4v) is 4.24. The molecular formula is C23H21Cl2F2N5O2. The molecule has 1 amide bonds. The molecule has 4 rings (SSSR count). The van der Waals surface area contributed by atoms with E-state index in [1.807, 2.05) is 0 Å². The van der Waals surface area contributed by atoms with Crippen LogP contribution in [0, 0.1) is 0 Å². The third kappa shape index (κ3) is 5.38. The highest BCUT2D eigenvalue weighted by Gasteiger charge is 2.21. The molecule has 4 N–H and O–H groups in total. The topological polar surface area (TPSA) is 102 Å². The molecule has 0 spiro atoms. The Kier molecular flexibility index (Phi) is 7.45. The van der Waals surface area contributed by atoms with Crippen LogP contribution in [-0.2, 0) is 11.3 Å². The summed E-state index contributed by atoms with van der Waals surface area (Å²) in [6, 6.07) is 10.1. The van der Waals surface area contributed by atoms with Gasteiger partial charge in [0.1, 0.15) is 0 Å². The Morgan fingerprint density at radius 2 is 2.00 bits per heavy atom. The smallest absolute Gasteiger partial charge is 0.388 e. The number of anilines is 1. The number of hydrogen-bond donors (Lipinski definition) is 3. The second kappa shape index (κ2) is 10.5. The molecule has 1 saturated heterocycles. The summed E-state index contributed by atoms with van der Waals surface area (Å²) in [4.78, 5) is 19.9. The Bertz CT molecular complexity index is 1210. The summed E-state index contributed by atoms with van der Waals surface area (Å²) in [5.41, 5.74) is 8.44. The van der Waals surface area contributed by atoms with Crippen LogP contribution in [0.25, 0.3) is 22.5 Å². The monoisotopic (exact) mass is 507 g/mol. The van der Waals surface area contributed by atoms with Crippen molar-refractivity contribution < 1.29 is 18.3 Å². The summed E-state index contributed by atoms with van der Waals surface area (Å²) in [5, 5.41) is 6.54. The SMILES string of the molecule is Nc1cccc(-c2nccc(-c3ccc(CNC[C@@H]4CCC(=O)N4)c(OC(F)F)n3)c2Cl)c1Cl. The van der Waals surface area contributed by atoms with Gasteiger partial charge in [-0.05, 0) is 24.6 Å². The third-order valence-electron chi connectivity index (χ3n) is 5.38. The molecule has 7 nitrogen and oxygen atoms in total. The Balaban J connectivity index is 1.61. The normalized spacial score (nSPS) is 15.6. The molecule has 178 valence electrons. The summed E-state index contributed by atoms with van der Waals surface area (Å²) >= 11 is 13.0. The van der Waals surface area contributed by atoms with E-state index in [0.29, 0.717) is 51.8 Å². The van der Waals surface area contributed by atoms with Gasteiger partial charge in [-0.2, -0.15) is 8.78 Å². The number of carbonyl (C=O) groups is 1. The number of amides is 1. The fourth-order valence-electron chi connectivity index (χ4n) is 3.71. The number of pyridine rings is 2. The number of benzene rings is 1. The summed E-state index contributed by atoms with van der Waals surface area (Å²) in [6.07, 6.45) is 2.73. The van der Waals surface area contributed by atoms with Gasteiger partial charge in [0.15, 0.2) is 0 Å². The van der Waals surface area contributed by atoms with E-state index in [2.05, 4.69) is 25.3 Å². The third-order valence-corrected chi connectivity index (χ3v) is 6.18. The van der Waals surface area contributed by atoms with Gasteiger partial charge >= 0.3 is 6.61 Å². The van der Waals surface area contributed by atoms with E-state index in [4.69, 9.17) is 28.9 Å². The summed E-state index contributed by atoms with van der Waals surface area (Å²) < 4.78 is 30.9. The van der Waals surface area contributed by atoms with Gasteiger partial charge in [-0.1, -0.05) is 41.4 Å². The standard InChI is InChI=1S/C23H21Cl2F2N5O2/c24-19-15(2-1-3-16(19)28)21-20(25)14(8-9-30-21)17-6-4-12(22(32-17)34-23(26)27)10-29-11-13-5-7-18(33)31-13/h1-4,6,8-9,13,23,29H,5,7,10-11,28H2,(H,31,33)/t13-/m0/s1. The Morgan fingerprint density at radius 1 is 1.18 bits per heavy atom. The maximum atomic E-state index is 13.1. The number of ether oxygens (including phenoxy) is 1. The number of nitrogens with zero attached hydrogens (tertiary/aromatic N) is 2. The minimum Gasteiger partial charge on any atom is -0.417 e. The summed E-state index contributed by atoms with van der Waals surface area (Å²) in [7, 11) is 0. The first-order valence-electron chi connectivity index (χ1n) is 10.5. The van der Waals surface area contributed by atoms with Crippen LogP contribution in [0.5, 0.6) is 5.88 Å². The van der Waals surface area contributed by atoms with E-state index in [1.54, 1.807) is 36.4 Å². The first-order chi connectivity index (χ1) is 16.3. The molecule has 3 heterocycles. The molecule has 0 bridgehead atoms. The lowest BCUT2D eigenvalue weighted by Gasteiger charge is -2.15. The minimum atomic E-state index is -3.05. The van der Waals surface area contributed by atoms with Gasteiger partial charge in [0.2, 0.25) is 11.8 Å². The predicted molar refractivity (Wildman–Crippen MR) is 127 cm³/mol. The maximum Gasteiger partial charge on any atom is 0.388 e. The van der Waals surface area contributed by atoms with Crippen molar-refractivity contribution in [1.82, 2.24) is 20.6 Å². The number of alkyl halides is 2. The van der Waals surface area contributed by atoms with Crippen molar-refractivity contribution in [2.75, 3.05) is 12.3 Å². The minimum absolute atomic E-state index is 0.00657. The van der Waals surface area contributed by atoms with Crippen molar-refractivity contribution in [3.63, 3.8) is 0 Å². The summed E-state index contributed by atoms with van der Waals surface area (Å²) in [6.45, 7) is -2.32. The van der Waals surface area contributed by atoms with Crippen LogP contribution in [-0.4, -0.2) is 35.1 Å². The molecule has 1 atom stereocenters. The van der Waals surface area contributed by atoms with Crippen molar-refractivity contribution in [1.29, 1.82) is 0 Å². The van der Waals surface area contributed by atoms with Gasteiger partial charge in [-0.3, -0.25) is 9.78 Å². The van der Waals surface area contributed by atoms with Crippen LogP contribution in [0.4, 0.5) is 14.5 Å². The molecule has 11 heteroatoms. The van der Waals surface area contributed by atoms with E-state index in [0.717, 1.165) is 6.42 Å². The van der Waals surface area contributed by atoms with Crippen molar-refractivity contribution >= 4 is 34.8 Å². The number of aromatic nitrogens is 2. The van der Waals surface area contributed by atoms with Crippen LogP contribution < -0.4 is 21.1 Å². The van der Waals surface area contributed by atoms with Crippen LogP contribution in [0.15, 0.2) is 42.6 Å². The number of hydrogen-bond acceptors (Lipinski definition) is 6. The Morgan fingerprint density at radius 3 is 2.74 bits per heavy atom. The predicted octanol–water partition coefficient (Wildman–Crippen LogP) is 4.67. The molecule has 0 radical (unpaired) electrons. The molecule has 0 saturated carbocycles. The van der Waals surface area contributed by atoms with Crippen molar-refractivity contribution in [2.45, 2.75) is 32.0 Å². The molecule has 1 aliphatic rings. The number of halogens is 4. The van der Waals surface area contributed by atoms with E-state index < -0.39 is 6.61 Å². The molecule has 34 heavy (non-hydrogen) atoms. The molecule has 1 fully saturated rings. The molecule has 2 aromatic heterocycles. The lowest BCUT2D eigenvalue weighted by atomic mass is 10.1. The van der Waals surface area contributed by atoms with Crippen LogP contribution in [0.1, 0.15) is 18.4 Å². The lowest BCUT2D eigenvalue weighted by Crippen LogP contribution is -2.35. The average Bonchev–Trinajstić information content (AvgIpc) is 3.22. The number of nitrogens with one attached hydrogen (secondary N) is 2. The quantitative estimate of drug-likeness (QED) is 0.383. The van der Waals surface area contributed by atoms with Crippen LogP contribution in [0.3, 0.4) is 0 Å². The molecule has 1 aromatic carbocycles. The van der Waals surface area contributed by atoms with E-state index in [-0.39, 0.29) is 29.4 Å². The van der Waals surface area contributed by atoms with Crippen LogP contribution >= 0.6 is 23.2 Å².